The first-order chi connectivity index (χ1) is 13.6. The molecule has 168 valence electrons. The van der Waals surface area contributed by atoms with E-state index in [1.54, 1.807) is 13.0 Å². The van der Waals surface area contributed by atoms with Crippen LogP contribution in [-0.4, -0.2) is 57.4 Å². The Kier molecular flexibility index (Phi) is 7.93. The Hall–Kier alpha value is -0.950. The fourth-order valence-electron chi connectivity index (χ4n) is 5.72. The Morgan fingerprint density at radius 3 is 2.41 bits per heavy atom. The van der Waals surface area contributed by atoms with Gasteiger partial charge < -0.3 is 25.2 Å². The van der Waals surface area contributed by atoms with E-state index in [-0.39, 0.29) is 17.0 Å². The predicted molar refractivity (Wildman–Crippen MR) is 111 cm³/mol. The second-order valence-electron chi connectivity index (χ2n) is 9.79. The maximum atomic E-state index is 12.6. The van der Waals surface area contributed by atoms with Gasteiger partial charge in [-0.2, -0.15) is 0 Å². The van der Waals surface area contributed by atoms with Crippen molar-refractivity contribution in [2.24, 2.45) is 16.7 Å². The normalized spacial score (nSPS) is 36.3. The highest BCUT2D eigenvalue weighted by Crippen LogP contribution is 2.61. The van der Waals surface area contributed by atoms with Gasteiger partial charge in [-0.1, -0.05) is 53.4 Å². The Balaban J connectivity index is 2.31. The van der Waals surface area contributed by atoms with E-state index in [1.807, 2.05) is 13.8 Å². The predicted octanol–water partition coefficient (Wildman–Crippen LogP) is 2.72. The van der Waals surface area contributed by atoms with E-state index >= 15 is 0 Å². The van der Waals surface area contributed by atoms with Gasteiger partial charge in [0.15, 0.2) is 0 Å². The quantitative estimate of drug-likeness (QED) is 0.264. The third-order valence-corrected chi connectivity index (χ3v) is 7.51. The van der Waals surface area contributed by atoms with Gasteiger partial charge in [-0.3, -0.25) is 4.79 Å². The number of ether oxygens (including phenoxy) is 1. The fourth-order valence-corrected chi connectivity index (χ4v) is 5.72. The molecule has 0 aliphatic heterocycles. The summed E-state index contributed by atoms with van der Waals surface area (Å²) >= 11 is 0. The van der Waals surface area contributed by atoms with Crippen LogP contribution in [0.5, 0.6) is 0 Å². The standard InChI is InChI=1S/C23H40O6/c1-5-6-7-8-9-10-19(27)29-17-13-16(14-24)23(28,15-25)22(4)18(26)11-12-21(2,3)20(17)22/h13,17-18,20,24-26,28H,5-12,14-15H2,1-4H3/t17-,18+,20+,22-,23-/m1/s1. The molecule has 0 amide bonds. The highest BCUT2D eigenvalue weighted by Gasteiger charge is 2.67. The zero-order chi connectivity index (χ0) is 21.9. The van der Waals surface area contributed by atoms with Crippen LogP contribution >= 0.6 is 0 Å². The van der Waals surface area contributed by atoms with Gasteiger partial charge in [0.2, 0.25) is 0 Å². The molecule has 0 spiro atoms. The third-order valence-electron chi connectivity index (χ3n) is 7.51. The second-order valence-corrected chi connectivity index (χ2v) is 9.79. The van der Waals surface area contributed by atoms with Crippen LogP contribution in [0.3, 0.4) is 0 Å². The summed E-state index contributed by atoms with van der Waals surface area (Å²) in [5, 5.41) is 42.3. The number of aliphatic hydroxyl groups is 4. The first-order valence-corrected chi connectivity index (χ1v) is 11.1. The van der Waals surface area contributed by atoms with Crippen molar-refractivity contribution < 1.29 is 30.0 Å². The molecule has 1 fully saturated rings. The zero-order valence-corrected chi connectivity index (χ0v) is 18.5. The molecular weight excluding hydrogens is 372 g/mol. The van der Waals surface area contributed by atoms with Crippen molar-refractivity contribution in [3.05, 3.63) is 11.6 Å². The lowest BCUT2D eigenvalue weighted by Gasteiger charge is -2.63. The summed E-state index contributed by atoms with van der Waals surface area (Å²) in [6, 6.07) is 0. The minimum atomic E-state index is -1.77. The number of esters is 1. The topological polar surface area (TPSA) is 107 Å². The number of rotatable bonds is 9. The largest absolute Gasteiger partial charge is 0.458 e. The van der Waals surface area contributed by atoms with E-state index in [0.29, 0.717) is 19.3 Å². The fraction of sp³-hybridized carbons (Fsp3) is 0.870. The summed E-state index contributed by atoms with van der Waals surface area (Å²) < 4.78 is 5.86. The van der Waals surface area contributed by atoms with Gasteiger partial charge in [0, 0.05) is 17.8 Å². The molecule has 0 aromatic heterocycles. The van der Waals surface area contributed by atoms with Crippen molar-refractivity contribution in [1.29, 1.82) is 0 Å². The van der Waals surface area contributed by atoms with Crippen molar-refractivity contribution in [2.75, 3.05) is 13.2 Å². The van der Waals surface area contributed by atoms with E-state index in [0.717, 1.165) is 32.1 Å². The number of aliphatic hydroxyl groups excluding tert-OH is 3. The molecule has 5 atom stereocenters. The van der Waals surface area contributed by atoms with E-state index < -0.39 is 42.4 Å². The smallest absolute Gasteiger partial charge is 0.306 e. The van der Waals surface area contributed by atoms with Crippen LogP contribution in [0, 0.1) is 16.7 Å². The van der Waals surface area contributed by atoms with Crippen molar-refractivity contribution in [3.8, 4) is 0 Å². The molecule has 2 rings (SSSR count). The highest BCUT2D eigenvalue weighted by atomic mass is 16.5. The number of hydrogen-bond donors (Lipinski definition) is 4. The van der Waals surface area contributed by atoms with Crippen LogP contribution in [0.25, 0.3) is 0 Å². The Bertz CT molecular complexity index is 600. The maximum absolute atomic E-state index is 12.6. The van der Waals surface area contributed by atoms with E-state index in [2.05, 4.69) is 6.92 Å². The lowest BCUT2D eigenvalue weighted by atomic mass is 9.45. The number of hydrogen-bond acceptors (Lipinski definition) is 6. The molecule has 0 aromatic carbocycles. The van der Waals surface area contributed by atoms with Gasteiger partial charge in [-0.05, 0) is 36.3 Å². The Morgan fingerprint density at radius 2 is 1.83 bits per heavy atom. The summed E-state index contributed by atoms with van der Waals surface area (Å²) in [5.74, 6) is -0.692. The molecule has 1 saturated carbocycles. The average molecular weight is 413 g/mol. The van der Waals surface area contributed by atoms with Gasteiger partial charge in [0.25, 0.3) is 0 Å². The lowest BCUT2D eigenvalue weighted by molar-refractivity contribution is -0.237. The van der Waals surface area contributed by atoms with Crippen molar-refractivity contribution in [3.63, 3.8) is 0 Å². The van der Waals surface area contributed by atoms with Crippen molar-refractivity contribution in [2.45, 2.75) is 96.9 Å². The van der Waals surface area contributed by atoms with Gasteiger partial charge >= 0.3 is 5.97 Å². The molecular formula is C23H40O6. The minimum Gasteiger partial charge on any atom is -0.458 e. The molecule has 0 radical (unpaired) electrons. The highest BCUT2D eigenvalue weighted by molar-refractivity contribution is 5.69. The van der Waals surface area contributed by atoms with Crippen LogP contribution in [-0.2, 0) is 9.53 Å². The lowest BCUT2D eigenvalue weighted by Crippen LogP contribution is -2.70. The summed E-state index contributed by atoms with van der Waals surface area (Å²) in [7, 11) is 0. The van der Waals surface area contributed by atoms with Crippen LogP contribution < -0.4 is 0 Å². The summed E-state index contributed by atoms with van der Waals surface area (Å²) in [4.78, 5) is 12.6. The monoisotopic (exact) mass is 412 g/mol. The molecule has 0 bridgehead atoms. The SMILES string of the molecule is CCCCCCCC(=O)O[C@@H]1C=C(CO)[C@](O)(CO)[C@]2(C)[C@@H](O)CCC(C)(C)[C@H]12. The number of carbonyl (C=O) groups is 1. The maximum Gasteiger partial charge on any atom is 0.306 e. The van der Waals surface area contributed by atoms with E-state index in [9.17, 15) is 25.2 Å². The van der Waals surface area contributed by atoms with Crippen LogP contribution in [0.4, 0.5) is 0 Å². The molecule has 0 saturated heterocycles. The molecule has 6 heteroatoms. The molecule has 29 heavy (non-hydrogen) atoms. The van der Waals surface area contributed by atoms with Crippen LogP contribution in [0.2, 0.25) is 0 Å². The molecule has 2 aliphatic carbocycles. The summed E-state index contributed by atoms with van der Waals surface area (Å²) in [5.41, 5.74) is -3.05. The molecule has 0 unspecified atom stereocenters. The third kappa shape index (κ3) is 4.41. The van der Waals surface area contributed by atoms with Crippen molar-refractivity contribution >= 4 is 5.97 Å². The van der Waals surface area contributed by atoms with E-state index in [4.69, 9.17) is 4.74 Å². The molecule has 2 aliphatic rings. The molecule has 6 nitrogen and oxygen atoms in total. The van der Waals surface area contributed by atoms with Gasteiger partial charge in [-0.25, -0.2) is 0 Å². The molecule has 4 N–H and O–H groups in total. The minimum absolute atomic E-state index is 0.205. The number of carbonyl (C=O) groups excluding carboxylic acids is 1. The first kappa shape index (κ1) is 24.3. The van der Waals surface area contributed by atoms with Crippen molar-refractivity contribution in [1.82, 2.24) is 0 Å². The Labute approximate surface area is 175 Å². The summed E-state index contributed by atoms with van der Waals surface area (Å²) in [6.07, 6.45) is 6.73. The van der Waals surface area contributed by atoms with Gasteiger partial charge in [-0.15, -0.1) is 0 Å². The second kappa shape index (κ2) is 9.46. The van der Waals surface area contributed by atoms with Crippen LogP contribution in [0.1, 0.15) is 79.1 Å². The van der Waals surface area contributed by atoms with E-state index in [1.165, 1.54) is 0 Å². The number of fused-ring (bicyclic) bond motifs is 1. The number of unbranched alkanes of at least 4 members (excludes halogenated alkanes) is 4. The van der Waals surface area contributed by atoms with Gasteiger partial charge in [0.1, 0.15) is 11.7 Å². The molecule has 0 heterocycles. The first-order valence-electron chi connectivity index (χ1n) is 11.1. The Morgan fingerprint density at radius 1 is 1.17 bits per heavy atom. The average Bonchev–Trinajstić information content (AvgIpc) is 2.67. The van der Waals surface area contributed by atoms with Gasteiger partial charge in [0.05, 0.1) is 19.3 Å². The molecule has 0 aromatic rings. The summed E-state index contributed by atoms with van der Waals surface area (Å²) in [6.45, 7) is 6.89. The van der Waals surface area contributed by atoms with Crippen LogP contribution in [0.15, 0.2) is 11.6 Å². The zero-order valence-electron chi connectivity index (χ0n) is 18.5.